The van der Waals surface area contributed by atoms with Crippen LogP contribution in [-0.2, 0) is 11.3 Å². The molecule has 1 atom stereocenters. The van der Waals surface area contributed by atoms with Crippen molar-refractivity contribution in [3.8, 4) is 0 Å². The van der Waals surface area contributed by atoms with E-state index < -0.39 is 0 Å². The third-order valence-electron chi connectivity index (χ3n) is 5.34. The zero-order valence-corrected chi connectivity index (χ0v) is 16.8. The lowest BCUT2D eigenvalue weighted by molar-refractivity contribution is -0.134. The van der Waals surface area contributed by atoms with Crippen LogP contribution in [0.15, 0.2) is 81.2 Å². The predicted octanol–water partition coefficient (Wildman–Crippen LogP) is 3.07. The highest BCUT2D eigenvalue weighted by atomic mass is 16.3. The van der Waals surface area contributed by atoms with E-state index in [-0.39, 0.29) is 24.1 Å². The Balaban J connectivity index is 1.48. The van der Waals surface area contributed by atoms with Crippen LogP contribution in [0.4, 0.5) is 0 Å². The summed E-state index contributed by atoms with van der Waals surface area (Å²) in [5.74, 6) is 0.270. The monoisotopic (exact) mass is 413 g/mol. The van der Waals surface area contributed by atoms with Gasteiger partial charge in [-0.15, -0.1) is 5.10 Å². The molecule has 0 saturated carbocycles. The number of aryl methyl sites for hydroxylation is 1. The lowest BCUT2D eigenvalue weighted by atomic mass is 10.0. The third-order valence-corrected chi connectivity index (χ3v) is 5.34. The summed E-state index contributed by atoms with van der Waals surface area (Å²) in [6.45, 7) is 1.75. The summed E-state index contributed by atoms with van der Waals surface area (Å²) < 4.78 is 6.64. The fourth-order valence-corrected chi connectivity index (χ4v) is 3.69. The van der Waals surface area contributed by atoms with E-state index in [1.807, 2.05) is 37.3 Å². The van der Waals surface area contributed by atoms with Gasteiger partial charge in [-0.05, 0) is 36.8 Å². The van der Waals surface area contributed by atoms with Gasteiger partial charge in [0.15, 0.2) is 0 Å². The van der Waals surface area contributed by atoms with Crippen molar-refractivity contribution in [2.24, 2.45) is 5.10 Å². The molecule has 154 valence electrons. The number of carbonyl (C=O) groups is 1. The van der Waals surface area contributed by atoms with Gasteiger partial charge >= 0.3 is 0 Å². The Bertz CT molecular complexity index is 1340. The van der Waals surface area contributed by atoms with E-state index in [1.54, 1.807) is 36.6 Å². The minimum atomic E-state index is -0.386. The molecule has 0 spiro atoms. The highest BCUT2D eigenvalue weighted by Gasteiger charge is 2.35. The molecule has 4 aromatic rings. The molecule has 0 N–H and O–H groups in total. The van der Waals surface area contributed by atoms with Crippen molar-refractivity contribution >= 4 is 22.5 Å². The minimum Gasteiger partial charge on any atom is -0.467 e. The SMILES string of the molecule is Cc1ccc(C2=NN(C(=O)Cn3nnc4ccccc4c3=O)[C@@H](c3ccco3)C2)cc1. The number of nitrogens with zero attached hydrogens (tertiary/aromatic N) is 5. The van der Waals surface area contributed by atoms with Crippen molar-refractivity contribution in [3.05, 3.63) is 94.2 Å². The van der Waals surface area contributed by atoms with Gasteiger partial charge in [0.05, 0.1) is 17.4 Å². The summed E-state index contributed by atoms with van der Waals surface area (Å²) in [6.07, 6.45) is 2.09. The number of benzene rings is 2. The number of hydrogen-bond donors (Lipinski definition) is 0. The van der Waals surface area contributed by atoms with Gasteiger partial charge in [0.1, 0.15) is 23.9 Å². The number of hydrazone groups is 1. The Labute approximate surface area is 177 Å². The van der Waals surface area contributed by atoms with E-state index in [4.69, 9.17) is 4.42 Å². The Morgan fingerprint density at radius 2 is 1.90 bits per heavy atom. The van der Waals surface area contributed by atoms with Crippen LogP contribution in [0.25, 0.3) is 10.9 Å². The first-order chi connectivity index (χ1) is 15.1. The molecule has 0 saturated heterocycles. The molecule has 0 radical (unpaired) electrons. The maximum absolute atomic E-state index is 13.2. The number of hydrogen-bond acceptors (Lipinski definition) is 6. The predicted molar refractivity (Wildman–Crippen MR) is 114 cm³/mol. The maximum Gasteiger partial charge on any atom is 0.278 e. The molecule has 2 aromatic carbocycles. The molecule has 0 bridgehead atoms. The van der Waals surface area contributed by atoms with E-state index in [1.165, 1.54) is 5.01 Å². The zero-order chi connectivity index (χ0) is 21.4. The fraction of sp³-hybridized carbons (Fsp3) is 0.174. The fourth-order valence-electron chi connectivity index (χ4n) is 3.69. The molecule has 8 nitrogen and oxygen atoms in total. The van der Waals surface area contributed by atoms with Crippen molar-refractivity contribution in [2.75, 3.05) is 0 Å². The van der Waals surface area contributed by atoms with Gasteiger partial charge in [0.2, 0.25) is 0 Å². The Morgan fingerprint density at radius 3 is 2.68 bits per heavy atom. The number of fused-ring (bicyclic) bond motifs is 1. The summed E-state index contributed by atoms with van der Waals surface area (Å²) in [5, 5.41) is 14.4. The van der Waals surface area contributed by atoms with Crippen LogP contribution in [0.3, 0.4) is 0 Å². The molecule has 0 fully saturated rings. The van der Waals surface area contributed by atoms with Crippen LogP contribution in [0.1, 0.15) is 29.3 Å². The van der Waals surface area contributed by atoms with Gasteiger partial charge in [-0.25, -0.2) is 9.69 Å². The van der Waals surface area contributed by atoms with E-state index in [9.17, 15) is 9.59 Å². The first-order valence-electron chi connectivity index (χ1n) is 9.93. The second-order valence-corrected chi connectivity index (χ2v) is 7.46. The smallest absolute Gasteiger partial charge is 0.278 e. The number of amides is 1. The number of rotatable bonds is 4. The molecule has 8 heteroatoms. The number of carbonyl (C=O) groups excluding carboxylic acids is 1. The van der Waals surface area contributed by atoms with Gasteiger partial charge in [0.25, 0.3) is 11.5 Å². The summed E-state index contributed by atoms with van der Waals surface area (Å²) in [4.78, 5) is 25.9. The highest BCUT2D eigenvalue weighted by Crippen LogP contribution is 2.33. The summed E-state index contributed by atoms with van der Waals surface area (Å²) in [6, 6.07) is 18.1. The molecule has 1 amide bonds. The molecule has 31 heavy (non-hydrogen) atoms. The lowest BCUT2D eigenvalue weighted by Gasteiger charge is -2.19. The average molecular weight is 413 g/mol. The molecule has 5 rings (SSSR count). The van der Waals surface area contributed by atoms with E-state index in [0.717, 1.165) is 21.5 Å². The largest absolute Gasteiger partial charge is 0.467 e. The van der Waals surface area contributed by atoms with Gasteiger partial charge < -0.3 is 4.42 Å². The van der Waals surface area contributed by atoms with E-state index in [0.29, 0.717) is 23.1 Å². The lowest BCUT2D eigenvalue weighted by Crippen LogP contribution is -2.35. The molecular formula is C23H19N5O3. The van der Waals surface area contributed by atoms with Gasteiger partial charge in [0, 0.05) is 6.42 Å². The maximum atomic E-state index is 13.2. The standard InChI is InChI=1S/C23H19N5O3/c1-15-8-10-16(11-9-15)19-13-20(21-7-4-12-31-21)28(25-19)22(29)14-27-23(30)17-5-2-3-6-18(17)24-26-27/h2-12,20H,13-14H2,1H3/t20-/m1/s1. The third kappa shape index (κ3) is 3.52. The summed E-state index contributed by atoms with van der Waals surface area (Å²) >= 11 is 0. The Kier molecular flexibility index (Phi) is 4.66. The van der Waals surface area contributed by atoms with Crippen LogP contribution >= 0.6 is 0 Å². The molecule has 0 unspecified atom stereocenters. The molecule has 2 aromatic heterocycles. The molecular weight excluding hydrogens is 394 g/mol. The molecule has 3 heterocycles. The zero-order valence-electron chi connectivity index (χ0n) is 16.8. The van der Waals surface area contributed by atoms with Gasteiger partial charge in [-0.1, -0.05) is 47.2 Å². The summed E-state index contributed by atoms with van der Waals surface area (Å²) in [5.41, 5.74) is 3.00. The van der Waals surface area contributed by atoms with Crippen LogP contribution in [0.2, 0.25) is 0 Å². The van der Waals surface area contributed by atoms with E-state index in [2.05, 4.69) is 15.4 Å². The quantitative estimate of drug-likeness (QED) is 0.513. The number of furan rings is 1. The molecule has 1 aliphatic heterocycles. The van der Waals surface area contributed by atoms with Crippen LogP contribution < -0.4 is 5.56 Å². The second-order valence-electron chi connectivity index (χ2n) is 7.46. The van der Waals surface area contributed by atoms with Crippen LogP contribution in [-0.4, -0.2) is 31.6 Å². The molecule has 0 aliphatic carbocycles. The summed E-state index contributed by atoms with van der Waals surface area (Å²) in [7, 11) is 0. The van der Waals surface area contributed by atoms with Crippen molar-refractivity contribution in [3.63, 3.8) is 0 Å². The van der Waals surface area contributed by atoms with Crippen molar-refractivity contribution in [2.45, 2.75) is 25.9 Å². The van der Waals surface area contributed by atoms with E-state index >= 15 is 0 Å². The number of aromatic nitrogens is 3. The first-order valence-corrected chi connectivity index (χ1v) is 9.93. The van der Waals surface area contributed by atoms with Crippen LogP contribution in [0, 0.1) is 6.92 Å². The Morgan fingerprint density at radius 1 is 1.10 bits per heavy atom. The minimum absolute atomic E-state index is 0.265. The topological polar surface area (TPSA) is 93.6 Å². The molecule has 1 aliphatic rings. The van der Waals surface area contributed by atoms with Crippen molar-refractivity contribution in [1.29, 1.82) is 0 Å². The van der Waals surface area contributed by atoms with Crippen molar-refractivity contribution in [1.82, 2.24) is 20.0 Å². The second kappa shape index (κ2) is 7.64. The normalized spacial score (nSPS) is 16.0. The van der Waals surface area contributed by atoms with Crippen LogP contribution in [0.5, 0.6) is 0 Å². The van der Waals surface area contributed by atoms with Gasteiger partial charge in [-0.3, -0.25) is 9.59 Å². The average Bonchev–Trinajstić information content (AvgIpc) is 3.46. The van der Waals surface area contributed by atoms with Crippen molar-refractivity contribution < 1.29 is 9.21 Å². The first kappa shape index (κ1) is 18.9. The van der Waals surface area contributed by atoms with Gasteiger partial charge in [-0.2, -0.15) is 5.10 Å². The highest BCUT2D eigenvalue weighted by molar-refractivity contribution is 6.03. The Hall–Kier alpha value is -4.07.